The average Bonchev–Trinajstić information content (AvgIpc) is 3.22. The minimum atomic E-state index is -4.46. The molecule has 3 rings (SSSR count). The summed E-state index contributed by atoms with van der Waals surface area (Å²) >= 11 is 1.02. The van der Waals surface area contributed by atoms with Gasteiger partial charge in [0, 0.05) is 16.1 Å². The number of rotatable bonds is 4. The van der Waals surface area contributed by atoms with Crippen molar-refractivity contribution >= 4 is 27.3 Å². The molecule has 1 amide bonds. The van der Waals surface area contributed by atoms with Crippen LogP contribution in [0.2, 0.25) is 0 Å². The standard InChI is InChI=1S/C16H15F4NOS/c1-9(10-5-6-10)21(8-16(18,19)20)15(22)14-7-11-12(17)3-2-4-13(11)23-14/h2-4,7,9-10H,5-6,8H2,1H3/t9-/m0/s1. The SMILES string of the molecule is C[C@@H](C1CC1)N(CC(F)(F)F)C(=O)c1cc2c(F)cccc2s1. The third kappa shape index (κ3) is 3.49. The van der Waals surface area contributed by atoms with Gasteiger partial charge >= 0.3 is 6.18 Å². The summed E-state index contributed by atoms with van der Waals surface area (Å²) in [7, 11) is 0. The third-order valence-electron chi connectivity index (χ3n) is 4.13. The summed E-state index contributed by atoms with van der Waals surface area (Å²) in [6, 6.07) is 5.31. The molecule has 0 aliphatic heterocycles. The van der Waals surface area contributed by atoms with Crippen molar-refractivity contribution < 1.29 is 22.4 Å². The van der Waals surface area contributed by atoms with Crippen LogP contribution >= 0.6 is 11.3 Å². The van der Waals surface area contributed by atoms with Gasteiger partial charge in [0.1, 0.15) is 12.4 Å². The number of carbonyl (C=O) groups excluding carboxylic acids is 1. The predicted molar refractivity (Wildman–Crippen MR) is 81.1 cm³/mol. The van der Waals surface area contributed by atoms with Gasteiger partial charge < -0.3 is 4.90 Å². The molecule has 1 aromatic heterocycles. The Balaban J connectivity index is 1.93. The molecule has 0 unspecified atom stereocenters. The van der Waals surface area contributed by atoms with E-state index in [1.54, 1.807) is 13.0 Å². The summed E-state index contributed by atoms with van der Waals surface area (Å²) in [4.78, 5) is 13.6. The second-order valence-electron chi connectivity index (χ2n) is 5.89. The highest BCUT2D eigenvalue weighted by molar-refractivity contribution is 7.20. The summed E-state index contributed by atoms with van der Waals surface area (Å²) in [5.41, 5.74) is 0. The number of thiophene rings is 1. The Labute approximate surface area is 134 Å². The second-order valence-corrected chi connectivity index (χ2v) is 6.97. The molecule has 23 heavy (non-hydrogen) atoms. The number of alkyl halides is 3. The smallest absolute Gasteiger partial charge is 0.326 e. The normalized spacial score (nSPS) is 16.6. The number of fused-ring (bicyclic) bond motifs is 1. The second kappa shape index (κ2) is 5.78. The van der Waals surface area contributed by atoms with Crippen LogP contribution in [-0.2, 0) is 0 Å². The van der Waals surface area contributed by atoms with Crippen LogP contribution in [0.15, 0.2) is 24.3 Å². The predicted octanol–water partition coefficient (Wildman–Crippen LogP) is 4.84. The zero-order valence-corrected chi connectivity index (χ0v) is 13.2. The van der Waals surface area contributed by atoms with Crippen LogP contribution in [0.25, 0.3) is 10.1 Å². The Morgan fingerprint density at radius 1 is 1.39 bits per heavy atom. The molecular weight excluding hydrogens is 330 g/mol. The molecule has 1 aliphatic rings. The number of benzene rings is 1. The molecule has 1 fully saturated rings. The van der Waals surface area contributed by atoms with Crippen molar-refractivity contribution in [3.05, 3.63) is 35.0 Å². The molecule has 124 valence electrons. The lowest BCUT2D eigenvalue weighted by molar-refractivity contribution is -0.144. The Morgan fingerprint density at radius 3 is 2.65 bits per heavy atom. The van der Waals surface area contributed by atoms with E-state index in [4.69, 9.17) is 0 Å². The van der Waals surface area contributed by atoms with Crippen molar-refractivity contribution in [3.63, 3.8) is 0 Å². The van der Waals surface area contributed by atoms with Gasteiger partial charge in [0.2, 0.25) is 0 Å². The molecule has 0 spiro atoms. The molecule has 1 aromatic carbocycles. The fourth-order valence-corrected chi connectivity index (χ4v) is 3.73. The van der Waals surface area contributed by atoms with E-state index in [9.17, 15) is 22.4 Å². The van der Waals surface area contributed by atoms with Gasteiger partial charge in [0.15, 0.2) is 0 Å². The molecule has 2 nitrogen and oxygen atoms in total. The first kappa shape index (κ1) is 16.2. The van der Waals surface area contributed by atoms with Crippen LogP contribution in [0, 0.1) is 11.7 Å². The first-order chi connectivity index (χ1) is 10.8. The first-order valence-electron chi connectivity index (χ1n) is 7.32. The highest BCUT2D eigenvalue weighted by Crippen LogP contribution is 2.37. The fraction of sp³-hybridized carbons (Fsp3) is 0.438. The number of halogens is 4. The van der Waals surface area contributed by atoms with Crippen LogP contribution < -0.4 is 0 Å². The molecular formula is C16H15F4NOS. The van der Waals surface area contributed by atoms with Crippen LogP contribution in [0.5, 0.6) is 0 Å². The number of carbonyl (C=O) groups is 1. The third-order valence-corrected chi connectivity index (χ3v) is 5.21. The maximum Gasteiger partial charge on any atom is 0.406 e. The largest absolute Gasteiger partial charge is 0.406 e. The van der Waals surface area contributed by atoms with E-state index in [0.29, 0.717) is 4.70 Å². The average molecular weight is 345 g/mol. The van der Waals surface area contributed by atoms with Crippen molar-refractivity contribution in [3.8, 4) is 0 Å². The van der Waals surface area contributed by atoms with E-state index in [0.717, 1.165) is 29.1 Å². The molecule has 0 radical (unpaired) electrons. The quantitative estimate of drug-likeness (QED) is 0.726. The monoisotopic (exact) mass is 345 g/mol. The van der Waals surface area contributed by atoms with Crippen LogP contribution in [0.4, 0.5) is 17.6 Å². The van der Waals surface area contributed by atoms with E-state index in [1.807, 2.05) is 0 Å². The van der Waals surface area contributed by atoms with Gasteiger partial charge in [0.05, 0.1) is 4.88 Å². The van der Waals surface area contributed by atoms with Gasteiger partial charge in [-0.3, -0.25) is 4.79 Å². The number of hydrogen-bond donors (Lipinski definition) is 0. The number of nitrogens with zero attached hydrogens (tertiary/aromatic N) is 1. The molecule has 1 aliphatic carbocycles. The highest BCUT2D eigenvalue weighted by atomic mass is 32.1. The Hall–Kier alpha value is -1.63. The van der Waals surface area contributed by atoms with Gasteiger partial charge in [-0.2, -0.15) is 13.2 Å². The minimum Gasteiger partial charge on any atom is -0.326 e. The molecule has 0 bridgehead atoms. The van der Waals surface area contributed by atoms with Crippen molar-refractivity contribution in [1.29, 1.82) is 0 Å². The Morgan fingerprint density at radius 2 is 2.09 bits per heavy atom. The molecule has 0 saturated heterocycles. The van der Waals surface area contributed by atoms with Crippen LogP contribution in [-0.4, -0.2) is 29.6 Å². The van der Waals surface area contributed by atoms with Gasteiger partial charge in [-0.05, 0) is 43.9 Å². The molecule has 1 heterocycles. The van der Waals surface area contributed by atoms with E-state index in [2.05, 4.69) is 0 Å². The fourth-order valence-electron chi connectivity index (χ4n) is 2.70. The van der Waals surface area contributed by atoms with Gasteiger partial charge in [-0.1, -0.05) is 6.07 Å². The first-order valence-corrected chi connectivity index (χ1v) is 8.13. The van der Waals surface area contributed by atoms with Gasteiger partial charge in [-0.15, -0.1) is 11.3 Å². The van der Waals surface area contributed by atoms with Gasteiger partial charge in [-0.25, -0.2) is 4.39 Å². The van der Waals surface area contributed by atoms with E-state index >= 15 is 0 Å². The minimum absolute atomic E-state index is 0.118. The van der Waals surface area contributed by atoms with E-state index in [1.165, 1.54) is 18.2 Å². The summed E-state index contributed by atoms with van der Waals surface area (Å²) in [6.07, 6.45) is -2.78. The van der Waals surface area contributed by atoms with E-state index in [-0.39, 0.29) is 16.2 Å². The molecule has 0 N–H and O–H groups in total. The van der Waals surface area contributed by atoms with Crippen LogP contribution in [0.1, 0.15) is 29.4 Å². The lowest BCUT2D eigenvalue weighted by Gasteiger charge is -2.29. The number of hydrogen-bond acceptors (Lipinski definition) is 2. The Bertz CT molecular complexity index is 735. The van der Waals surface area contributed by atoms with Crippen molar-refractivity contribution in [2.24, 2.45) is 5.92 Å². The zero-order chi connectivity index (χ0) is 16.8. The molecule has 1 atom stereocenters. The van der Waals surface area contributed by atoms with Crippen molar-refractivity contribution in [2.75, 3.05) is 6.54 Å². The topological polar surface area (TPSA) is 20.3 Å². The summed E-state index contributed by atoms with van der Waals surface area (Å²) in [5.74, 6) is -1.04. The maximum atomic E-state index is 13.7. The van der Waals surface area contributed by atoms with Gasteiger partial charge in [0.25, 0.3) is 5.91 Å². The molecule has 1 saturated carbocycles. The Kier molecular flexibility index (Phi) is 4.08. The highest BCUT2D eigenvalue weighted by Gasteiger charge is 2.41. The lowest BCUT2D eigenvalue weighted by atomic mass is 10.1. The zero-order valence-electron chi connectivity index (χ0n) is 12.4. The lowest BCUT2D eigenvalue weighted by Crippen LogP contribution is -2.45. The molecule has 2 aromatic rings. The number of amides is 1. The maximum absolute atomic E-state index is 13.7. The van der Waals surface area contributed by atoms with Crippen molar-refractivity contribution in [1.82, 2.24) is 4.90 Å². The van der Waals surface area contributed by atoms with Crippen LogP contribution in [0.3, 0.4) is 0 Å². The summed E-state index contributed by atoms with van der Waals surface area (Å²) < 4.78 is 52.8. The van der Waals surface area contributed by atoms with Crippen molar-refractivity contribution in [2.45, 2.75) is 32.0 Å². The van der Waals surface area contributed by atoms with E-state index < -0.39 is 30.5 Å². The molecule has 7 heteroatoms. The summed E-state index contributed by atoms with van der Waals surface area (Å²) in [5, 5.41) is 0.270. The summed E-state index contributed by atoms with van der Waals surface area (Å²) in [6.45, 7) is 0.370.